The molecule has 1 aromatic rings. The van der Waals surface area contributed by atoms with Gasteiger partial charge in [0, 0.05) is 19.6 Å². The third-order valence-electron chi connectivity index (χ3n) is 4.23. The highest BCUT2D eigenvalue weighted by Crippen LogP contribution is 2.22. The second-order valence-electron chi connectivity index (χ2n) is 6.78. The predicted octanol–water partition coefficient (Wildman–Crippen LogP) is 2.88. The molecule has 0 amide bonds. The lowest BCUT2D eigenvalue weighted by Gasteiger charge is -2.28. The molecule has 106 valence electrons. The molecule has 0 saturated heterocycles. The van der Waals surface area contributed by atoms with Crippen LogP contribution >= 0.6 is 0 Å². The summed E-state index contributed by atoms with van der Waals surface area (Å²) in [6, 6.07) is 8.78. The van der Waals surface area contributed by atoms with Crippen LogP contribution in [-0.4, -0.2) is 35.7 Å². The third-order valence-corrected chi connectivity index (χ3v) is 4.23. The molecule has 0 bridgehead atoms. The second kappa shape index (κ2) is 6.06. The molecule has 19 heavy (non-hydrogen) atoms. The van der Waals surface area contributed by atoms with Gasteiger partial charge in [0.1, 0.15) is 0 Å². The summed E-state index contributed by atoms with van der Waals surface area (Å²) in [6.07, 6.45) is 2.95. The van der Waals surface area contributed by atoms with Gasteiger partial charge in [-0.2, -0.15) is 0 Å². The molecule has 1 unspecified atom stereocenters. The molecule has 0 fully saturated rings. The number of hydrogen-bond acceptors (Lipinski definition) is 2. The zero-order valence-corrected chi connectivity index (χ0v) is 12.5. The first-order chi connectivity index (χ1) is 8.97. The summed E-state index contributed by atoms with van der Waals surface area (Å²) in [5.41, 5.74) is 3.00. The fraction of sp³-hybridized carbons (Fsp3) is 0.647. The van der Waals surface area contributed by atoms with Gasteiger partial charge in [-0.3, -0.25) is 0 Å². The third kappa shape index (κ3) is 4.05. The van der Waals surface area contributed by atoms with E-state index in [0.717, 1.165) is 38.9 Å². The van der Waals surface area contributed by atoms with E-state index in [1.807, 2.05) is 0 Å². The van der Waals surface area contributed by atoms with E-state index >= 15 is 0 Å². The zero-order valence-electron chi connectivity index (χ0n) is 12.5. The van der Waals surface area contributed by atoms with Crippen LogP contribution in [-0.2, 0) is 12.8 Å². The summed E-state index contributed by atoms with van der Waals surface area (Å²) in [5, 5.41) is 10.1. The molecule has 1 heterocycles. The summed E-state index contributed by atoms with van der Waals surface area (Å²) in [6.45, 7) is 9.57. The van der Waals surface area contributed by atoms with Gasteiger partial charge in [-0.05, 0) is 35.8 Å². The lowest BCUT2D eigenvalue weighted by atomic mass is 9.87. The van der Waals surface area contributed by atoms with Crippen LogP contribution in [0.5, 0.6) is 0 Å². The normalized spacial score (nSPS) is 18.7. The van der Waals surface area contributed by atoms with E-state index in [-0.39, 0.29) is 11.5 Å². The number of aliphatic hydroxyl groups is 1. The first-order valence-corrected chi connectivity index (χ1v) is 7.44. The van der Waals surface area contributed by atoms with Gasteiger partial charge in [-0.1, -0.05) is 45.0 Å². The van der Waals surface area contributed by atoms with E-state index in [4.69, 9.17) is 0 Å². The van der Waals surface area contributed by atoms with Crippen LogP contribution in [0.15, 0.2) is 24.3 Å². The first kappa shape index (κ1) is 14.5. The highest BCUT2D eigenvalue weighted by Gasteiger charge is 2.23. The van der Waals surface area contributed by atoms with E-state index in [9.17, 15) is 5.11 Å². The molecule has 0 radical (unpaired) electrons. The van der Waals surface area contributed by atoms with Crippen molar-refractivity contribution in [3.63, 3.8) is 0 Å². The van der Waals surface area contributed by atoms with E-state index in [0.29, 0.717) is 0 Å². The van der Waals surface area contributed by atoms with Crippen LogP contribution in [0.3, 0.4) is 0 Å². The van der Waals surface area contributed by atoms with Crippen LogP contribution in [0, 0.1) is 5.41 Å². The number of fused-ring (bicyclic) bond motifs is 1. The van der Waals surface area contributed by atoms with Crippen LogP contribution in [0.25, 0.3) is 0 Å². The van der Waals surface area contributed by atoms with Crippen molar-refractivity contribution in [3.8, 4) is 0 Å². The molecule has 1 N–H and O–H groups in total. The van der Waals surface area contributed by atoms with E-state index in [2.05, 4.69) is 49.9 Å². The maximum Gasteiger partial charge on any atom is 0.0600 e. The molecule has 0 aromatic heterocycles. The van der Waals surface area contributed by atoms with E-state index < -0.39 is 0 Å². The minimum absolute atomic E-state index is 0.00515. The van der Waals surface area contributed by atoms with Crippen molar-refractivity contribution in [1.29, 1.82) is 0 Å². The number of rotatable bonds is 3. The molecule has 1 atom stereocenters. The standard InChI is InChI=1S/C17H27NO/c1-17(2,3)16(19)10-13-18-11-8-14-6-4-5-7-15(14)9-12-18/h4-7,16,19H,8-13H2,1-3H3. The molecular formula is C17H27NO. The minimum atomic E-state index is -0.210. The predicted molar refractivity (Wildman–Crippen MR) is 80.4 cm³/mol. The molecule has 0 aliphatic carbocycles. The number of nitrogens with zero attached hydrogens (tertiary/aromatic N) is 1. The van der Waals surface area contributed by atoms with Crippen molar-refractivity contribution in [2.75, 3.05) is 19.6 Å². The smallest absolute Gasteiger partial charge is 0.0600 e. The van der Waals surface area contributed by atoms with Gasteiger partial charge in [0.25, 0.3) is 0 Å². The van der Waals surface area contributed by atoms with Gasteiger partial charge in [0.15, 0.2) is 0 Å². The van der Waals surface area contributed by atoms with Gasteiger partial charge >= 0.3 is 0 Å². The topological polar surface area (TPSA) is 23.5 Å². The maximum absolute atomic E-state index is 10.1. The first-order valence-electron chi connectivity index (χ1n) is 7.44. The average Bonchev–Trinajstić information content (AvgIpc) is 2.57. The van der Waals surface area contributed by atoms with Crippen molar-refractivity contribution >= 4 is 0 Å². The Morgan fingerprint density at radius 1 is 1.11 bits per heavy atom. The van der Waals surface area contributed by atoms with Crippen molar-refractivity contribution in [3.05, 3.63) is 35.4 Å². The van der Waals surface area contributed by atoms with Crippen LogP contribution < -0.4 is 0 Å². The molecule has 2 heteroatoms. The Morgan fingerprint density at radius 2 is 1.63 bits per heavy atom. The second-order valence-corrected chi connectivity index (χ2v) is 6.78. The molecule has 0 saturated carbocycles. The van der Waals surface area contributed by atoms with E-state index in [1.54, 1.807) is 0 Å². The van der Waals surface area contributed by atoms with Gasteiger partial charge in [-0.25, -0.2) is 0 Å². The lowest BCUT2D eigenvalue weighted by Crippen LogP contribution is -2.34. The van der Waals surface area contributed by atoms with Crippen LogP contribution in [0.4, 0.5) is 0 Å². The molecule has 0 spiro atoms. The number of benzene rings is 1. The fourth-order valence-corrected chi connectivity index (χ4v) is 2.68. The van der Waals surface area contributed by atoms with Crippen molar-refractivity contribution in [2.24, 2.45) is 5.41 Å². The Kier molecular flexibility index (Phi) is 4.64. The Labute approximate surface area is 117 Å². The Morgan fingerprint density at radius 3 is 2.11 bits per heavy atom. The van der Waals surface area contributed by atoms with Crippen LogP contribution in [0.2, 0.25) is 0 Å². The van der Waals surface area contributed by atoms with Crippen molar-refractivity contribution in [2.45, 2.75) is 46.1 Å². The minimum Gasteiger partial charge on any atom is -0.393 e. The molecule has 1 aliphatic rings. The Bertz CT molecular complexity index is 381. The molecule has 1 aliphatic heterocycles. The molecule has 2 nitrogen and oxygen atoms in total. The quantitative estimate of drug-likeness (QED) is 0.904. The van der Waals surface area contributed by atoms with Gasteiger partial charge in [-0.15, -0.1) is 0 Å². The highest BCUT2D eigenvalue weighted by molar-refractivity contribution is 5.28. The SMILES string of the molecule is CC(C)(C)C(O)CCN1CCc2ccccc2CC1. The number of hydrogen-bond donors (Lipinski definition) is 1. The number of aliphatic hydroxyl groups excluding tert-OH is 1. The largest absolute Gasteiger partial charge is 0.393 e. The van der Waals surface area contributed by atoms with Gasteiger partial charge in [0.05, 0.1) is 6.10 Å². The van der Waals surface area contributed by atoms with Crippen molar-refractivity contribution < 1.29 is 5.11 Å². The molecular weight excluding hydrogens is 234 g/mol. The van der Waals surface area contributed by atoms with Gasteiger partial charge in [0.2, 0.25) is 0 Å². The van der Waals surface area contributed by atoms with Crippen molar-refractivity contribution in [1.82, 2.24) is 4.90 Å². The average molecular weight is 261 g/mol. The highest BCUT2D eigenvalue weighted by atomic mass is 16.3. The molecule has 2 rings (SSSR count). The van der Waals surface area contributed by atoms with Gasteiger partial charge < -0.3 is 10.0 Å². The lowest BCUT2D eigenvalue weighted by molar-refractivity contribution is 0.0460. The molecule has 1 aromatic carbocycles. The summed E-state index contributed by atoms with van der Waals surface area (Å²) < 4.78 is 0. The maximum atomic E-state index is 10.1. The fourth-order valence-electron chi connectivity index (χ4n) is 2.68. The Balaban J connectivity index is 1.85. The monoisotopic (exact) mass is 261 g/mol. The zero-order chi connectivity index (χ0) is 13.9. The summed E-state index contributed by atoms with van der Waals surface area (Å²) in [5.74, 6) is 0. The van der Waals surface area contributed by atoms with Crippen LogP contribution in [0.1, 0.15) is 38.3 Å². The summed E-state index contributed by atoms with van der Waals surface area (Å²) >= 11 is 0. The van der Waals surface area contributed by atoms with E-state index in [1.165, 1.54) is 11.1 Å². The summed E-state index contributed by atoms with van der Waals surface area (Å²) in [7, 11) is 0. The summed E-state index contributed by atoms with van der Waals surface area (Å²) in [4.78, 5) is 2.50. The Hall–Kier alpha value is -0.860.